The fourth-order valence-corrected chi connectivity index (χ4v) is 5.77. The third-order valence-corrected chi connectivity index (χ3v) is 7.91. The first-order chi connectivity index (χ1) is 19.5. The van der Waals surface area contributed by atoms with E-state index in [-0.39, 0.29) is 49.1 Å². The highest BCUT2D eigenvalue weighted by molar-refractivity contribution is 5.95. The van der Waals surface area contributed by atoms with E-state index in [1.165, 1.54) is 14.5 Å². The quantitative estimate of drug-likeness (QED) is 0.362. The fourth-order valence-electron chi connectivity index (χ4n) is 5.77. The van der Waals surface area contributed by atoms with E-state index in [9.17, 15) is 33.0 Å². The Morgan fingerprint density at radius 1 is 1.12 bits per heavy atom. The van der Waals surface area contributed by atoms with Crippen LogP contribution in [0.2, 0.25) is 0 Å². The molecule has 2 aromatic heterocycles. The second kappa shape index (κ2) is 9.60. The van der Waals surface area contributed by atoms with E-state index in [4.69, 9.17) is 0 Å². The number of benzene rings is 1. The number of nitrogens with zero attached hydrogens (tertiary/aromatic N) is 5. The van der Waals surface area contributed by atoms with Crippen LogP contribution < -0.4 is 0 Å². The van der Waals surface area contributed by atoms with Gasteiger partial charge in [0.15, 0.2) is 17.3 Å². The minimum Gasteiger partial charge on any atom is -0.506 e. The molecule has 13 heteroatoms. The molecular weight excluding hydrogens is 546 g/mol. The zero-order chi connectivity index (χ0) is 29.2. The van der Waals surface area contributed by atoms with Gasteiger partial charge in [-0.1, -0.05) is 12.6 Å². The topological polar surface area (TPSA) is 112 Å². The van der Waals surface area contributed by atoms with Crippen LogP contribution in [0.15, 0.2) is 37.1 Å². The summed E-state index contributed by atoms with van der Waals surface area (Å²) < 4.78 is 55.9. The first-order valence-corrected chi connectivity index (χ1v) is 13.1. The van der Waals surface area contributed by atoms with Gasteiger partial charge in [-0.15, -0.1) is 0 Å². The molecule has 0 saturated heterocycles. The summed E-state index contributed by atoms with van der Waals surface area (Å²) in [7, 11) is 0. The van der Waals surface area contributed by atoms with Gasteiger partial charge in [-0.2, -0.15) is 18.3 Å². The van der Waals surface area contributed by atoms with Crippen molar-refractivity contribution in [3.63, 3.8) is 0 Å². The van der Waals surface area contributed by atoms with Crippen molar-refractivity contribution in [1.82, 2.24) is 24.6 Å². The third kappa shape index (κ3) is 4.49. The minimum atomic E-state index is -4.90. The van der Waals surface area contributed by atoms with Crippen LogP contribution in [0.1, 0.15) is 63.4 Å². The lowest BCUT2D eigenvalue weighted by Gasteiger charge is -2.37. The van der Waals surface area contributed by atoms with Gasteiger partial charge in [0.25, 0.3) is 5.91 Å². The van der Waals surface area contributed by atoms with Crippen molar-refractivity contribution >= 4 is 11.8 Å². The van der Waals surface area contributed by atoms with Crippen molar-refractivity contribution in [3.05, 3.63) is 76.6 Å². The lowest BCUT2D eigenvalue weighted by molar-refractivity contribution is -0.142. The summed E-state index contributed by atoms with van der Waals surface area (Å²) in [4.78, 5) is 32.4. The van der Waals surface area contributed by atoms with E-state index in [0.29, 0.717) is 28.9 Å². The summed E-state index contributed by atoms with van der Waals surface area (Å²) in [5, 5.41) is 25.4. The zero-order valence-corrected chi connectivity index (χ0v) is 21.7. The highest BCUT2D eigenvalue weighted by Gasteiger charge is 2.42. The van der Waals surface area contributed by atoms with Crippen LogP contribution in [0.3, 0.4) is 0 Å². The predicted octanol–water partition coefficient (Wildman–Crippen LogP) is 4.02. The number of phenols is 1. The largest absolute Gasteiger partial charge is 0.506 e. The highest BCUT2D eigenvalue weighted by atomic mass is 19.4. The molecule has 2 aliphatic heterocycles. The molecule has 0 radical (unpaired) electrons. The van der Waals surface area contributed by atoms with E-state index >= 15 is 4.39 Å². The van der Waals surface area contributed by atoms with Crippen molar-refractivity contribution in [2.24, 2.45) is 0 Å². The van der Waals surface area contributed by atoms with Crippen LogP contribution >= 0.6 is 0 Å². The number of aromatic hydroxyl groups is 2. The molecule has 0 unspecified atom stereocenters. The Balaban J connectivity index is 1.42. The number of carbonyl (C=O) groups excluding carboxylic acids is 2. The van der Waals surface area contributed by atoms with E-state index in [1.807, 2.05) is 0 Å². The van der Waals surface area contributed by atoms with Gasteiger partial charge in [0, 0.05) is 44.2 Å². The molecule has 41 heavy (non-hydrogen) atoms. The molecule has 1 aliphatic carbocycles. The van der Waals surface area contributed by atoms with Gasteiger partial charge in [0.2, 0.25) is 5.91 Å². The molecule has 6 rings (SSSR count). The number of rotatable bonds is 4. The van der Waals surface area contributed by atoms with Crippen molar-refractivity contribution in [2.75, 3.05) is 19.6 Å². The first-order valence-electron chi connectivity index (χ1n) is 13.1. The lowest BCUT2D eigenvalue weighted by Crippen LogP contribution is -2.45. The molecule has 9 nitrogen and oxygen atoms in total. The normalized spacial score (nSPS) is 18.6. The number of aromatic nitrogens is 3. The Hall–Kier alpha value is -4.42. The molecule has 4 heterocycles. The smallest absolute Gasteiger partial charge is 0.437 e. The first kappa shape index (κ1) is 26.8. The summed E-state index contributed by atoms with van der Waals surface area (Å²) in [6.45, 7) is 3.90. The Morgan fingerprint density at radius 2 is 1.88 bits per heavy atom. The standard InChI is InChI=1S/C28H25F4N5O4/c1-2-22(39)35-9-7-17-23-18(37(34-17)19-6-5-16(14-3-4-14)24(29)25(19)40)8-10-36(20(23)13-35)27(41)15-11-21(38)26(33-12-15)28(30,31)32/h2,5-6,11-12,14,20,38,40H,1,3-4,7-10,13H2/t20-/m0/s1. The number of phenolic OH excluding ortho intramolecular Hbond substituents is 1. The molecule has 214 valence electrons. The zero-order valence-electron chi connectivity index (χ0n) is 21.7. The lowest BCUT2D eigenvalue weighted by atomic mass is 9.94. The van der Waals surface area contributed by atoms with E-state index in [1.54, 1.807) is 12.1 Å². The Labute approximate surface area is 231 Å². The Bertz CT molecular complexity index is 1600. The molecule has 0 spiro atoms. The van der Waals surface area contributed by atoms with Crippen LogP contribution in [0.25, 0.3) is 5.69 Å². The van der Waals surface area contributed by atoms with Crippen LogP contribution in [0.5, 0.6) is 11.5 Å². The number of pyridine rings is 1. The molecule has 2 N–H and O–H groups in total. The summed E-state index contributed by atoms with van der Waals surface area (Å²) in [6, 6.07) is 3.23. The number of halogens is 4. The average molecular weight is 572 g/mol. The van der Waals surface area contributed by atoms with Gasteiger partial charge in [0.1, 0.15) is 11.4 Å². The molecule has 1 aromatic carbocycles. The van der Waals surface area contributed by atoms with Crippen LogP contribution in [0, 0.1) is 5.82 Å². The van der Waals surface area contributed by atoms with Gasteiger partial charge in [-0.05, 0) is 42.5 Å². The van der Waals surface area contributed by atoms with Crippen molar-refractivity contribution in [1.29, 1.82) is 0 Å². The van der Waals surface area contributed by atoms with E-state index in [0.717, 1.165) is 31.2 Å². The van der Waals surface area contributed by atoms with Gasteiger partial charge < -0.3 is 20.0 Å². The molecule has 0 bridgehead atoms. The number of hydrogen-bond acceptors (Lipinski definition) is 6. The van der Waals surface area contributed by atoms with Gasteiger partial charge >= 0.3 is 6.18 Å². The fraction of sp³-hybridized carbons (Fsp3) is 0.357. The Kier molecular flexibility index (Phi) is 6.27. The number of carbonyl (C=O) groups is 2. The molecule has 1 atom stereocenters. The van der Waals surface area contributed by atoms with Crippen molar-refractivity contribution in [3.8, 4) is 17.2 Å². The minimum absolute atomic E-state index is 0.0449. The summed E-state index contributed by atoms with van der Waals surface area (Å²) in [5.41, 5.74) is 0.647. The molecule has 1 saturated carbocycles. The van der Waals surface area contributed by atoms with Gasteiger partial charge in [0.05, 0.1) is 23.0 Å². The number of amides is 2. The van der Waals surface area contributed by atoms with Gasteiger partial charge in [-0.25, -0.2) is 14.1 Å². The second-order valence-corrected chi connectivity index (χ2v) is 10.4. The molecule has 3 aliphatic rings. The average Bonchev–Trinajstić information content (AvgIpc) is 3.74. The monoisotopic (exact) mass is 571 g/mol. The molecule has 3 aromatic rings. The summed E-state index contributed by atoms with van der Waals surface area (Å²) in [6.07, 6.45) is -0.742. The highest BCUT2D eigenvalue weighted by Crippen LogP contribution is 2.45. The maximum absolute atomic E-state index is 15.1. The van der Waals surface area contributed by atoms with Crippen LogP contribution in [-0.2, 0) is 23.8 Å². The van der Waals surface area contributed by atoms with Gasteiger partial charge in [-0.3, -0.25) is 9.59 Å². The molecular formula is C28H25F4N5O4. The SMILES string of the molecule is C=CC(=O)N1CCc2nn(-c3ccc(C4CC4)c(F)c3O)c3c2[C@H](C1)N(C(=O)c1cnc(C(F)(F)F)c(O)c1)CC3. The molecule has 1 fully saturated rings. The maximum atomic E-state index is 15.1. The predicted molar refractivity (Wildman–Crippen MR) is 136 cm³/mol. The number of hydrogen-bond donors (Lipinski definition) is 2. The van der Waals surface area contributed by atoms with E-state index < -0.39 is 41.1 Å². The second-order valence-electron chi connectivity index (χ2n) is 10.4. The number of alkyl halides is 3. The summed E-state index contributed by atoms with van der Waals surface area (Å²) >= 11 is 0. The Morgan fingerprint density at radius 3 is 2.54 bits per heavy atom. The van der Waals surface area contributed by atoms with Crippen LogP contribution in [-0.4, -0.2) is 66.2 Å². The molecule has 2 amide bonds. The summed E-state index contributed by atoms with van der Waals surface area (Å²) in [5.74, 6) is -3.36. The van der Waals surface area contributed by atoms with Crippen LogP contribution in [0.4, 0.5) is 17.6 Å². The maximum Gasteiger partial charge on any atom is 0.437 e. The van der Waals surface area contributed by atoms with Crippen molar-refractivity contribution in [2.45, 2.75) is 43.8 Å². The van der Waals surface area contributed by atoms with E-state index in [2.05, 4.69) is 16.7 Å². The van der Waals surface area contributed by atoms with Crippen molar-refractivity contribution < 1.29 is 37.4 Å². The third-order valence-electron chi connectivity index (χ3n) is 7.91.